The van der Waals surface area contributed by atoms with Crippen LogP contribution in [-0.4, -0.2) is 52.9 Å². The summed E-state index contributed by atoms with van der Waals surface area (Å²) in [4.78, 5) is 25.9. The molecule has 0 aromatic heterocycles. The maximum Gasteiger partial charge on any atom is 0.328 e. The number of nitrogens with zero attached hydrogens (tertiary/aromatic N) is 1. The van der Waals surface area contributed by atoms with E-state index in [1.165, 1.54) is 37.9 Å². The number of aliphatic imine (C=N–C) groups is 1. The van der Waals surface area contributed by atoms with Crippen molar-refractivity contribution >= 4 is 30.4 Å². The molecule has 28 heavy (non-hydrogen) atoms. The summed E-state index contributed by atoms with van der Waals surface area (Å²) in [5.74, 6) is -0.372. The molecule has 2 heterocycles. The van der Waals surface area contributed by atoms with Crippen molar-refractivity contribution in [3.63, 3.8) is 0 Å². The Morgan fingerprint density at radius 3 is 2.89 bits per heavy atom. The molecular formula is C19H32NO6PS. The van der Waals surface area contributed by atoms with Gasteiger partial charge in [0.15, 0.2) is 0 Å². The van der Waals surface area contributed by atoms with E-state index < -0.39 is 13.1 Å². The SMILES string of the molecule is CCCCCCCCOP(=O)(O)CCC1=NC2(COC(C)=O)C=CCOC2S1. The third kappa shape index (κ3) is 7.64. The predicted molar refractivity (Wildman–Crippen MR) is 112 cm³/mol. The topological polar surface area (TPSA) is 94.4 Å². The predicted octanol–water partition coefficient (Wildman–Crippen LogP) is 4.30. The Bertz CT molecular complexity index is 626. The number of carbonyl (C=O) groups excluding carboxylic acids is 1. The van der Waals surface area contributed by atoms with Gasteiger partial charge in [-0.2, -0.15) is 0 Å². The lowest BCUT2D eigenvalue weighted by Crippen LogP contribution is -2.43. The molecule has 0 radical (unpaired) electrons. The lowest BCUT2D eigenvalue weighted by atomic mass is 10.0. The van der Waals surface area contributed by atoms with Gasteiger partial charge in [-0.05, 0) is 6.42 Å². The first-order valence-corrected chi connectivity index (χ1v) is 12.7. The average Bonchev–Trinajstić information content (AvgIpc) is 3.03. The summed E-state index contributed by atoms with van der Waals surface area (Å²) in [5, 5.41) is 0.723. The summed E-state index contributed by atoms with van der Waals surface area (Å²) in [6, 6.07) is 0. The molecule has 0 aliphatic carbocycles. The minimum atomic E-state index is -3.64. The molecule has 0 spiro atoms. The minimum Gasteiger partial charge on any atom is -0.463 e. The highest BCUT2D eigenvalue weighted by atomic mass is 32.2. The van der Waals surface area contributed by atoms with Crippen LogP contribution in [0.15, 0.2) is 17.1 Å². The highest BCUT2D eigenvalue weighted by Gasteiger charge is 2.46. The van der Waals surface area contributed by atoms with Gasteiger partial charge in [-0.25, -0.2) is 0 Å². The van der Waals surface area contributed by atoms with Crippen molar-refractivity contribution in [1.29, 1.82) is 0 Å². The molecule has 0 fully saturated rings. The van der Waals surface area contributed by atoms with Crippen molar-refractivity contribution in [3.05, 3.63) is 12.2 Å². The molecular weight excluding hydrogens is 401 g/mol. The number of carbonyl (C=O) groups is 1. The Morgan fingerprint density at radius 2 is 2.14 bits per heavy atom. The van der Waals surface area contributed by atoms with Crippen LogP contribution in [0.3, 0.4) is 0 Å². The van der Waals surface area contributed by atoms with Crippen LogP contribution < -0.4 is 0 Å². The van der Waals surface area contributed by atoms with Gasteiger partial charge in [0, 0.05) is 13.3 Å². The smallest absolute Gasteiger partial charge is 0.328 e. The number of thioether (sulfide) groups is 1. The normalized spacial score (nSPS) is 25.8. The summed E-state index contributed by atoms with van der Waals surface area (Å²) in [5.41, 5.74) is -1.03. The maximum absolute atomic E-state index is 12.3. The van der Waals surface area contributed by atoms with Crippen molar-refractivity contribution in [2.24, 2.45) is 4.99 Å². The zero-order chi connectivity index (χ0) is 20.5. The number of hydrogen-bond donors (Lipinski definition) is 1. The fraction of sp³-hybridized carbons (Fsp3) is 0.789. The van der Waals surface area contributed by atoms with Gasteiger partial charge in [0.25, 0.3) is 0 Å². The molecule has 0 bridgehead atoms. The fourth-order valence-corrected chi connectivity index (χ4v) is 5.53. The van der Waals surface area contributed by atoms with E-state index in [0.717, 1.165) is 24.3 Å². The van der Waals surface area contributed by atoms with Gasteiger partial charge in [0.05, 0.1) is 24.4 Å². The zero-order valence-electron chi connectivity index (χ0n) is 16.8. The van der Waals surface area contributed by atoms with E-state index >= 15 is 0 Å². The summed E-state index contributed by atoms with van der Waals surface area (Å²) in [7, 11) is -3.64. The van der Waals surface area contributed by atoms with E-state index in [-0.39, 0.29) is 24.2 Å². The van der Waals surface area contributed by atoms with Gasteiger partial charge in [0.2, 0.25) is 0 Å². The molecule has 1 N–H and O–H groups in total. The van der Waals surface area contributed by atoms with Crippen molar-refractivity contribution in [2.45, 2.75) is 69.8 Å². The number of unbranched alkanes of at least 4 members (excludes halogenated alkanes) is 5. The number of hydrogen-bond acceptors (Lipinski definition) is 7. The van der Waals surface area contributed by atoms with Gasteiger partial charge in [0.1, 0.15) is 17.6 Å². The number of fused-ring (bicyclic) bond motifs is 1. The lowest BCUT2D eigenvalue weighted by molar-refractivity contribution is -0.143. The second kappa shape index (κ2) is 11.5. The Kier molecular flexibility index (Phi) is 9.71. The first-order chi connectivity index (χ1) is 13.4. The Hall–Kier alpha value is -0.660. The van der Waals surface area contributed by atoms with Gasteiger partial charge >= 0.3 is 13.6 Å². The standard InChI is InChI=1S/C19H32NO6PS/c1-3-4-5-6-7-8-13-26-27(22,23)14-10-17-20-19(15-25-16(2)21)11-9-12-24-18(19)28-17/h9,11,18H,3-8,10,12-15H2,1-2H3,(H,22,23). The zero-order valence-corrected chi connectivity index (χ0v) is 18.5. The van der Waals surface area contributed by atoms with E-state index in [4.69, 9.17) is 14.0 Å². The van der Waals surface area contributed by atoms with E-state index in [2.05, 4.69) is 11.9 Å². The molecule has 3 atom stereocenters. The quantitative estimate of drug-likeness (QED) is 0.200. The molecule has 2 aliphatic heterocycles. The highest BCUT2D eigenvalue weighted by molar-refractivity contribution is 8.14. The van der Waals surface area contributed by atoms with Crippen molar-refractivity contribution in [2.75, 3.05) is 26.0 Å². The van der Waals surface area contributed by atoms with Gasteiger partial charge in [-0.3, -0.25) is 14.4 Å². The number of esters is 1. The molecule has 0 saturated heterocycles. The minimum absolute atomic E-state index is 0.0226. The van der Waals surface area contributed by atoms with Crippen LogP contribution in [0.1, 0.15) is 58.8 Å². The van der Waals surface area contributed by atoms with Crippen LogP contribution in [0.2, 0.25) is 0 Å². The van der Waals surface area contributed by atoms with Gasteiger partial charge < -0.3 is 18.9 Å². The van der Waals surface area contributed by atoms with E-state index in [0.29, 0.717) is 19.6 Å². The Labute approximate surface area is 171 Å². The molecule has 2 rings (SSSR count). The molecule has 0 aromatic carbocycles. The second-order valence-corrected chi connectivity index (χ2v) is 10.3. The van der Waals surface area contributed by atoms with Crippen molar-refractivity contribution in [1.82, 2.24) is 0 Å². The van der Waals surface area contributed by atoms with E-state index in [1.54, 1.807) is 0 Å². The Morgan fingerprint density at radius 1 is 1.39 bits per heavy atom. The summed E-state index contributed by atoms with van der Waals surface area (Å²) in [6.07, 6.45) is 10.7. The van der Waals surface area contributed by atoms with Crippen molar-refractivity contribution < 1.29 is 28.3 Å². The van der Waals surface area contributed by atoms with Crippen LogP contribution in [0.4, 0.5) is 0 Å². The first kappa shape index (κ1) is 23.6. The molecule has 9 heteroatoms. The molecule has 160 valence electrons. The van der Waals surface area contributed by atoms with Crippen LogP contribution in [0.25, 0.3) is 0 Å². The summed E-state index contributed by atoms with van der Waals surface area (Å²) < 4.78 is 28.4. The van der Waals surface area contributed by atoms with E-state index in [1.807, 2.05) is 12.2 Å². The van der Waals surface area contributed by atoms with Crippen molar-refractivity contribution in [3.8, 4) is 0 Å². The molecule has 0 amide bonds. The average molecular weight is 434 g/mol. The largest absolute Gasteiger partial charge is 0.463 e. The van der Waals surface area contributed by atoms with Crippen LogP contribution in [-0.2, 0) is 23.4 Å². The highest BCUT2D eigenvalue weighted by Crippen LogP contribution is 2.46. The summed E-state index contributed by atoms with van der Waals surface area (Å²) >= 11 is 1.42. The van der Waals surface area contributed by atoms with Crippen LogP contribution in [0, 0.1) is 0 Å². The molecule has 3 unspecified atom stereocenters. The lowest BCUT2D eigenvalue weighted by Gasteiger charge is -2.31. The second-order valence-electron chi connectivity index (χ2n) is 7.17. The molecule has 0 aromatic rings. The first-order valence-electron chi connectivity index (χ1n) is 10.0. The van der Waals surface area contributed by atoms with Crippen LogP contribution in [0.5, 0.6) is 0 Å². The molecule has 2 aliphatic rings. The van der Waals surface area contributed by atoms with Gasteiger partial charge in [-0.15, -0.1) is 0 Å². The maximum atomic E-state index is 12.3. The number of rotatable bonds is 13. The summed E-state index contributed by atoms with van der Waals surface area (Å²) in [6.45, 7) is 4.42. The van der Waals surface area contributed by atoms with Gasteiger partial charge in [-0.1, -0.05) is 62.9 Å². The van der Waals surface area contributed by atoms with Crippen LogP contribution >= 0.6 is 19.4 Å². The third-order valence-corrected chi connectivity index (χ3v) is 7.34. The number of ether oxygens (including phenoxy) is 2. The third-order valence-electron chi connectivity index (χ3n) is 4.64. The molecule has 7 nitrogen and oxygen atoms in total. The van der Waals surface area contributed by atoms with E-state index in [9.17, 15) is 14.3 Å². The fourth-order valence-electron chi connectivity index (χ4n) is 3.10. The Balaban J connectivity index is 1.78. The monoisotopic (exact) mass is 433 g/mol. The molecule has 0 saturated carbocycles.